The fraction of sp³-hybridized carbons (Fsp3) is 0.429. The normalized spacial score (nSPS) is 15.7. The predicted molar refractivity (Wildman–Crippen MR) is 104 cm³/mol. The zero-order chi connectivity index (χ0) is 18.2. The summed E-state index contributed by atoms with van der Waals surface area (Å²) >= 11 is 0. The Morgan fingerprint density at radius 1 is 1.00 bits per heavy atom. The van der Waals surface area contributed by atoms with Crippen molar-refractivity contribution in [3.8, 4) is 0 Å². The van der Waals surface area contributed by atoms with Gasteiger partial charge in [0.05, 0.1) is 6.54 Å². The number of pyridine rings is 1. The van der Waals surface area contributed by atoms with Crippen molar-refractivity contribution in [2.24, 2.45) is 0 Å². The van der Waals surface area contributed by atoms with Crippen LogP contribution in [0.2, 0.25) is 0 Å². The van der Waals surface area contributed by atoms with Gasteiger partial charge in [0.1, 0.15) is 0 Å². The summed E-state index contributed by atoms with van der Waals surface area (Å²) in [6, 6.07) is 16.5. The number of carbonyl (C=O) groups is 1. The van der Waals surface area contributed by atoms with Crippen molar-refractivity contribution in [1.82, 2.24) is 19.7 Å². The van der Waals surface area contributed by atoms with Crippen LogP contribution < -0.4 is 0 Å². The number of hydrogen-bond acceptors (Lipinski definition) is 4. The average molecular weight is 352 g/mol. The Balaban J connectivity index is 1.37. The van der Waals surface area contributed by atoms with Crippen molar-refractivity contribution >= 4 is 5.91 Å². The second-order valence-electron chi connectivity index (χ2n) is 6.92. The van der Waals surface area contributed by atoms with Crippen LogP contribution in [-0.4, -0.2) is 71.9 Å². The SMILES string of the molecule is CN(CCc1ccccn1)C(=O)CN1CCN(Cc2ccccc2)CC1. The molecule has 0 N–H and O–H groups in total. The quantitative estimate of drug-likeness (QED) is 0.763. The molecule has 1 aliphatic rings. The molecule has 2 heterocycles. The van der Waals surface area contributed by atoms with Gasteiger partial charge in [-0.3, -0.25) is 19.6 Å². The lowest BCUT2D eigenvalue weighted by Gasteiger charge is -2.35. The summed E-state index contributed by atoms with van der Waals surface area (Å²) in [5, 5.41) is 0. The Labute approximate surface area is 156 Å². The maximum absolute atomic E-state index is 12.5. The summed E-state index contributed by atoms with van der Waals surface area (Å²) in [6.07, 6.45) is 2.60. The summed E-state index contributed by atoms with van der Waals surface area (Å²) < 4.78 is 0. The molecule has 5 nitrogen and oxygen atoms in total. The third-order valence-corrected chi connectivity index (χ3v) is 4.93. The predicted octanol–water partition coefficient (Wildman–Crippen LogP) is 1.90. The second-order valence-corrected chi connectivity index (χ2v) is 6.92. The van der Waals surface area contributed by atoms with Crippen molar-refractivity contribution in [3.63, 3.8) is 0 Å². The zero-order valence-electron chi connectivity index (χ0n) is 15.6. The number of nitrogens with zero attached hydrogens (tertiary/aromatic N) is 4. The van der Waals surface area contributed by atoms with Crippen LogP contribution >= 0.6 is 0 Å². The fourth-order valence-electron chi connectivity index (χ4n) is 3.21. The van der Waals surface area contributed by atoms with Gasteiger partial charge in [-0.15, -0.1) is 0 Å². The molecule has 0 bridgehead atoms. The van der Waals surface area contributed by atoms with Crippen LogP contribution in [0.15, 0.2) is 54.7 Å². The van der Waals surface area contributed by atoms with Crippen LogP contribution in [0.1, 0.15) is 11.3 Å². The van der Waals surface area contributed by atoms with Gasteiger partial charge in [0, 0.05) is 64.6 Å². The molecule has 1 saturated heterocycles. The van der Waals surface area contributed by atoms with E-state index in [-0.39, 0.29) is 5.91 Å². The molecular formula is C21H28N4O. The van der Waals surface area contributed by atoms with E-state index in [1.165, 1.54) is 5.56 Å². The summed E-state index contributed by atoms with van der Waals surface area (Å²) in [5.74, 6) is 0.192. The van der Waals surface area contributed by atoms with Gasteiger partial charge in [-0.25, -0.2) is 0 Å². The molecule has 3 rings (SSSR count). The number of carbonyl (C=O) groups excluding carboxylic acids is 1. The maximum Gasteiger partial charge on any atom is 0.236 e. The minimum Gasteiger partial charge on any atom is -0.344 e. The van der Waals surface area contributed by atoms with Gasteiger partial charge < -0.3 is 4.90 Å². The first-order valence-electron chi connectivity index (χ1n) is 9.33. The van der Waals surface area contributed by atoms with E-state index in [2.05, 4.69) is 45.1 Å². The Bertz CT molecular complexity index is 669. The van der Waals surface area contributed by atoms with Crippen LogP contribution in [0.5, 0.6) is 0 Å². The molecule has 1 aliphatic heterocycles. The highest BCUT2D eigenvalue weighted by Gasteiger charge is 2.20. The number of amides is 1. The van der Waals surface area contributed by atoms with Crippen molar-refractivity contribution in [2.75, 3.05) is 46.3 Å². The smallest absolute Gasteiger partial charge is 0.236 e. The summed E-state index contributed by atoms with van der Waals surface area (Å²) in [4.78, 5) is 23.3. The highest BCUT2D eigenvalue weighted by atomic mass is 16.2. The average Bonchev–Trinajstić information content (AvgIpc) is 2.69. The van der Waals surface area contributed by atoms with E-state index < -0.39 is 0 Å². The zero-order valence-corrected chi connectivity index (χ0v) is 15.6. The summed E-state index contributed by atoms with van der Waals surface area (Å²) in [6.45, 7) is 6.15. The Kier molecular flexibility index (Phi) is 6.75. The minimum atomic E-state index is 0.192. The fourth-order valence-corrected chi connectivity index (χ4v) is 3.21. The Morgan fingerprint density at radius 2 is 1.69 bits per heavy atom. The molecule has 1 fully saturated rings. The van der Waals surface area contributed by atoms with E-state index in [1.54, 1.807) is 6.20 Å². The first-order chi connectivity index (χ1) is 12.7. The van der Waals surface area contributed by atoms with Crippen molar-refractivity contribution < 1.29 is 4.79 Å². The van der Waals surface area contributed by atoms with E-state index in [0.717, 1.165) is 44.8 Å². The van der Waals surface area contributed by atoms with Gasteiger partial charge >= 0.3 is 0 Å². The van der Waals surface area contributed by atoms with Gasteiger partial charge in [0.15, 0.2) is 0 Å². The molecule has 1 aromatic carbocycles. The first kappa shape index (κ1) is 18.5. The molecule has 0 radical (unpaired) electrons. The molecule has 26 heavy (non-hydrogen) atoms. The number of piperazine rings is 1. The van der Waals surface area contributed by atoms with Gasteiger partial charge in [0.2, 0.25) is 5.91 Å². The molecule has 0 spiro atoms. The monoisotopic (exact) mass is 352 g/mol. The van der Waals surface area contributed by atoms with Crippen LogP contribution in [0.4, 0.5) is 0 Å². The van der Waals surface area contributed by atoms with E-state index in [0.29, 0.717) is 13.1 Å². The lowest BCUT2D eigenvalue weighted by molar-refractivity contribution is -0.131. The molecule has 0 atom stereocenters. The maximum atomic E-state index is 12.5. The van der Waals surface area contributed by atoms with Gasteiger partial charge in [-0.05, 0) is 17.7 Å². The standard InChI is InChI=1S/C21H28N4O/c1-23(12-10-20-9-5-6-11-22-20)21(26)18-25-15-13-24(14-16-25)17-19-7-3-2-4-8-19/h2-9,11H,10,12-18H2,1H3. The summed E-state index contributed by atoms with van der Waals surface area (Å²) in [7, 11) is 1.89. The summed E-state index contributed by atoms with van der Waals surface area (Å²) in [5.41, 5.74) is 2.38. The van der Waals surface area contributed by atoms with Crippen LogP contribution in [0.3, 0.4) is 0 Å². The van der Waals surface area contributed by atoms with Crippen molar-refractivity contribution in [1.29, 1.82) is 0 Å². The highest BCUT2D eigenvalue weighted by Crippen LogP contribution is 2.08. The van der Waals surface area contributed by atoms with Crippen LogP contribution in [-0.2, 0) is 17.8 Å². The van der Waals surface area contributed by atoms with Gasteiger partial charge in [-0.2, -0.15) is 0 Å². The molecule has 138 valence electrons. The molecule has 0 unspecified atom stereocenters. The third-order valence-electron chi connectivity index (χ3n) is 4.93. The topological polar surface area (TPSA) is 39.7 Å². The molecule has 1 amide bonds. The van der Waals surface area contributed by atoms with Gasteiger partial charge in [-0.1, -0.05) is 36.4 Å². The van der Waals surface area contributed by atoms with Crippen LogP contribution in [0.25, 0.3) is 0 Å². The number of benzene rings is 1. The molecular weight excluding hydrogens is 324 g/mol. The Hall–Kier alpha value is -2.24. The minimum absolute atomic E-state index is 0.192. The third kappa shape index (κ3) is 5.64. The van der Waals surface area contributed by atoms with E-state index in [9.17, 15) is 4.79 Å². The van der Waals surface area contributed by atoms with E-state index in [4.69, 9.17) is 0 Å². The van der Waals surface area contributed by atoms with Crippen molar-refractivity contribution in [3.05, 3.63) is 66.0 Å². The number of aromatic nitrogens is 1. The molecule has 0 saturated carbocycles. The Morgan fingerprint density at radius 3 is 2.38 bits per heavy atom. The van der Waals surface area contributed by atoms with E-state index in [1.807, 2.05) is 30.1 Å². The van der Waals surface area contributed by atoms with E-state index >= 15 is 0 Å². The van der Waals surface area contributed by atoms with Crippen LogP contribution in [0, 0.1) is 0 Å². The highest BCUT2D eigenvalue weighted by molar-refractivity contribution is 5.78. The lowest BCUT2D eigenvalue weighted by atomic mass is 10.2. The largest absolute Gasteiger partial charge is 0.344 e. The number of hydrogen-bond donors (Lipinski definition) is 0. The molecule has 0 aliphatic carbocycles. The molecule has 2 aromatic rings. The number of likely N-dealkylation sites (N-methyl/N-ethyl adjacent to an activating group) is 1. The number of rotatable bonds is 7. The molecule has 1 aromatic heterocycles. The lowest BCUT2D eigenvalue weighted by Crippen LogP contribution is -2.49. The van der Waals surface area contributed by atoms with Gasteiger partial charge in [0.25, 0.3) is 0 Å². The second kappa shape index (κ2) is 9.46. The first-order valence-corrected chi connectivity index (χ1v) is 9.33. The van der Waals surface area contributed by atoms with Crippen molar-refractivity contribution in [2.45, 2.75) is 13.0 Å². The molecule has 5 heteroatoms.